The predicted octanol–water partition coefficient (Wildman–Crippen LogP) is 3.88. The highest BCUT2D eigenvalue weighted by Crippen LogP contribution is 2.35. The highest BCUT2D eigenvalue weighted by molar-refractivity contribution is 7.90. The molecule has 38 heavy (non-hydrogen) atoms. The summed E-state index contributed by atoms with van der Waals surface area (Å²) < 4.78 is 56.2. The normalized spacial score (nSPS) is 13.5. The average Bonchev–Trinajstić information content (AvgIpc) is 3.41. The number of pyridine rings is 1. The van der Waals surface area contributed by atoms with E-state index in [0.29, 0.717) is 16.8 Å². The van der Waals surface area contributed by atoms with Crippen molar-refractivity contribution in [3.63, 3.8) is 0 Å². The van der Waals surface area contributed by atoms with Crippen LogP contribution in [0.4, 0.5) is 10.2 Å². The fourth-order valence-electron chi connectivity index (χ4n) is 4.35. The number of fused-ring (bicyclic) bond motifs is 1. The van der Waals surface area contributed by atoms with Crippen LogP contribution in [0.3, 0.4) is 0 Å². The summed E-state index contributed by atoms with van der Waals surface area (Å²) in [6.07, 6.45) is 1.43. The van der Waals surface area contributed by atoms with Crippen LogP contribution in [0.1, 0.15) is 16.8 Å². The van der Waals surface area contributed by atoms with Crippen LogP contribution in [0.2, 0.25) is 5.02 Å². The van der Waals surface area contributed by atoms with Crippen molar-refractivity contribution in [2.45, 2.75) is 13.0 Å². The van der Waals surface area contributed by atoms with Crippen LogP contribution in [0.15, 0.2) is 64.1 Å². The molecule has 0 fully saturated rings. The Balaban J connectivity index is 1.55. The van der Waals surface area contributed by atoms with Crippen molar-refractivity contribution < 1.29 is 22.1 Å². The quantitative estimate of drug-likeness (QED) is 0.382. The molecule has 1 aliphatic rings. The van der Waals surface area contributed by atoms with Crippen LogP contribution in [0.5, 0.6) is 5.75 Å². The van der Waals surface area contributed by atoms with Crippen molar-refractivity contribution in [2.24, 2.45) is 0 Å². The minimum Gasteiger partial charge on any atom is -0.495 e. The van der Waals surface area contributed by atoms with Gasteiger partial charge in [0.2, 0.25) is 0 Å². The molecule has 0 spiro atoms. The zero-order valence-corrected chi connectivity index (χ0v) is 21.4. The molecule has 2 aromatic carbocycles. The fourth-order valence-corrected chi connectivity index (χ4v) is 5.65. The molecule has 10 nitrogen and oxygen atoms in total. The first-order chi connectivity index (χ1) is 18.2. The van der Waals surface area contributed by atoms with Crippen LogP contribution in [-0.2, 0) is 23.2 Å². The largest absolute Gasteiger partial charge is 0.495 e. The van der Waals surface area contributed by atoms with Gasteiger partial charge in [-0.3, -0.25) is 14.1 Å². The average molecular weight is 556 g/mol. The maximum Gasteiger partial charge on any atom is 0.303 e. The van der Waals surface area contributed by atoms with Gasteiger partial charge in [-0.1, -0.05) is 28.9 Å². The van der Waals surface area contributed by atoms with Crippen molar-refractivity contribution in [2.75, 3.05) is 18.4 Å². The minimum absolute atomic E-state index is 0.0204. The Hall–Kier alpha value is -4.18. The molecule has 3 heterocycles. The third-order valence-electron chi connectivity index (χ3n) is 6.15. The Bertz CT molecular complexity index is 1750. The van der Waals surface area contributed by atoms with E-state index in [1.165, 1.54) is 58.6 Å². The summed E-state index contributed by atoms with van der Waals surface area (Å²) >= 11 is 6.01. The molecule has 1 N–H and O–H groups in total. The fraction of sp³-hybridized carbons (Fsp3) is 0.160. The molecule has 0 atom stereocenters. The summed E-state index contributed by atoms with van der Waals surface area (Å²) in [6, 6.07) is 13.4. The molecule has 2 aromatic heterocycles. The zero-order chi connectivity index (χ0) is 27.0. The van der Waals surface area contributed by atoms with E-state index in [1.54, 1.807) is 12.1 Å². The van der Waals surface area contributed by atoms with Gasteiger partial charge in [0.15, 0.2) is 5.82 Å². The van der Waals surface area contributed by atoms with Gasteiger partial charge in [-0.05, 0) is 29.3 Å². The molecular weight excluding hydrogens is 537 g/mol. The van der Waals surface area contributed by atoms with E-state index in [-0.39, 0.29) is 52.9 Å². The second-order valence-corrected chi connectivity index (χ2v) is 10.4. The minimum atomic E-state index is -3.94. The molecule has 0 saturated heterocycles. The molecule has 1 aliphatic heterocycles. The number of benzene rings is 2. The Labute approximate surface area is 221 Å². The summed E-state index contributed by atoms with van der Waals surface area (Å²) in [5.74, 6) is -0.384. The number of hydrogen-bond donors (Lipinski definition) is 1. The molecule has 0 saturated carbocycles. The van der Waals surface area contributed by atoms with Crippen LogP contribution >= 0.6 is 11.6 Å². The lowest BCUT2D eigenvalue weighted by Crippen LogP contribution is -2.41. The SMILES string of the molecule is COc1cc(-c2ccc(Cl)c(C#N)c2)c(F)cc1-n1c2c(ccc1=O)CN(S(=O)(=O)Nc1ccon1)CC2. The number of methoxy groups -OCH3 is 1. The first-order valence-corrected chi connectivity index (χ1v) is 13.0. The highest BCUT2D eigenvalue weighted by atomic mass is 35.5. The van der Waals surface area contributed by atoms with Gasteiger partial charge in [0.1, 0.15) is 23.9 Å². The molecule has 0 bridgehead atoms. The molecule has 13 heteroatoms. The van der Waals surface area contributed by atoms with Gasteiger partial charge >= 0.3 is 10.2 Å². The van der Waals surface area contributed by atoms with Gasteiger partial charge in [-0.15, -0.1) is 0 Å². The monoisotopic (exact) mass is 555 g/mol. The van der Waals surface area contributed by atoms with Crippen molar-refractivity contribution >= 4 is 27.6 Å². The van der Waals surface area contributed by atoms with Crippen molar-refractivity contribution in [1.82, 2.24) is 14.0 Å². The number of nitrogens with one attached hydrogen (secondary N) is 1. The third-order valence-corrected chi connectivity index (χ3v) is 7.94. The summed E-state index contributed by atoms with van der Waals surface area (Å²) in [4.78, 5) is 13.0. The molecule has 194 valence electrons. The van der Waals surface area contributed by atoms with Gasteiger partial charge in [-0.25, -0.2) is 4.39 Å². The Morgan fingerprint density at radius 3 is 2.74 bits per heavy atom. The number of anilines is 1. The van der Waals surface area contributed by atoms with E-state index in [1.807, 2.05) is 6.07 Å². The lowest BCUT2D eigenvalue weighted by molar-refractivity contribution is 0.384. The first kappa shape index (κ1) is 25.5. The van der Waals surface area contributed by atoms with Crippen LogP contribution in [0.25, 0.3) is 16.8 Å². The van der Waals surface area contributed by atoms with Gasteiger partial charge in [0.25, 0.3) is 5.56 Å². The van der Waals surface area contributed by atoms with Crippen LogP contribution in [-0.4, -0.2) is 36.1 Å². The van der Waals surface area contributed by atoms with E-state index >= 15 is 4.39 Å². The standard InChI is InChI=1S/C25H19ClFN5O5S/c1-36-23-11-18(15-2-4-19(26)17(10-15)13-28)20(27)12-22(23)32-21-6-8-31(14-16(21)3-5-25(32)33)38(34,35)30-24-7-9-37-29-24/h2-5,7,9-12H,6,8,14H2,1H3,(H,29,30). The van der Waals surface area contributed by atoms with Crippen molar-refractivity contribution in [3.8, 4) is 28.6 Å². The topological polar surface area (TPSA) is 130 Å². The summed E-state index contributed by atoms with van der Waals surface area (Å²) in [7, 11) is -2.55. The van der Waals surface area contributed by atoms with E-state index in [9.17, 15) is 18.5 Å². The molecule has 0 aliphatic carbocycles. The van der Waals surface area contributed by atoms with E-state index < -0.39 is 21.6 Å². The molecule has 0 unspecified atom stereocenters. The van der Waals surface area contributed by atoms with Gasteiger partial charge in [-0.2, -0.15) is 18.0 Å². The number of nitriles is 1. The second-order valence-electron chi connectivity index (χ2n) is 8.36. The Morgan fingerprint density at radius 2 is 2.03 bits per heavy atom. The highest BCUT2D eigenvalue weighted by Gasteiger charge is 2.30. The Kier molecular flexibility index (Phi) is 6.66. The second kappa shape index (κ2) is 9.94. The number of hydrogen-bond acceptors (Lipinski definition) is 7. The van der Waals surface area contributed by atoms with Gasteiger partial charge < -0.3 is 9.26 Å². The van der Waals surface area contributed by atoms with Crippen molar-refractivity contribution in [3.05, 3.63) is 92.8 Å². The molecule has 5 rings (SSSR count). The predicted molar refractivity (Wildman–Crippen MR) is 137 cm³/mol. The number of ether oxygens (including phenoxy) is 1. The third kappa shape index (κ3) is 4.63. The van der Waals surface area contributed by atoms with Crippen LogP contribution in [0, 0.1) is 17.1 Å². The van der Waals surface area contributed by atoms with Crippen LogP contribution < -0.4 is 15.0 Å². The Morgan fingerprint density at radius 1 is 1.21 bits per heavy atom. The lowest BCUT2D eigenvalue weighted by atomic mass is 10.0. The van der Waals surface area contributed by atoms with E-state index in [4.69, 9.17) is 16.3 Å². The smallest absolute Gasteiger partial charge is 0.303 e. The summed E-state index contributed by atoms with van der Waals surface area (Å²) in [5, 5.41) is 13.1. The van der Waals surface area contributed by atoms with E-state index in [2.05, 4.69) is 14.4 Å². The molecule has 0 radical (unpaired) electrons. The maximum atomic E-state index is 15.4. The van der Waals surface area contributed by atoms with E-state index in [0.717, 1.165) is 0 Å². The maximum absolute atomic E-state index is 15.4. The number of halogens is 2. The zero-order valence-electron chi connectivity index (χ0n) is 19.8. The number of nitrogens with zero attached hydrogens (tertiary/aromatic N) is 4. The number of aromatic nitrogens is 2. The summed E-state index contributed by atoms with van der Waals surface area (Å²) in [6.45, 7) is 0.0433. The lowest BCUT2D eigenvalue weighted by Gasteiger charge is -2.30. The number of rotatable bonds is 6. The van der Waals surface area contributed by atoms with Gasteiger partial charge in [0.05, 0.1) is 23.4 Å². The molecular formula is C25H19ClFN5O5S. The first-order valence-electron chi connectivity index (χ1n) is 11.2. The summed E-state index contributed by atoms with van der Waals surface area (Å²) in [5.41, 5.74) is 1.62. The van der Waals surface area contributed by atoms with Crippen molar-refractivity contribution in [1.29, 1.82) is 5.26 Å². The van der Waals surface area contributed by atoms with Gasteiger partial charge in [0, 0.05) is 49.0 Å². The molecule has 4 aromatic rings. The molecule has 0 amide bonds.